The SMILES string of the molecule is O=C(NC1CCOc2ccccc21)C1c2ccccc2Oc2ccccc21. The lowest BCUT2D eigenvalue weighted by Crippen LogP contribution is -2.36. The number of benzene rings is 3. The molecule has 1 unspecified atom stereocenters. The number of para-hydroxylation sites is 3. The number of hydrogen-bond donors (Lipinski definition) is 1. The molecule has 1 N–H and O–H groups in total. The summed E-state index contributed by atoms with van der Waals surface area (Å²) in [6, 6.07) is 23.3. The van der Waals surface area contributed by atoms with Crippen LogP contribution in [0.3, 0.4) is 0 Å². The molecular weight excluding hydrogens is 338 g/mol. The fraction of sp³-hybridized carbons (Fsp3) is 0.174. The molecule has 2 aliphatic heterocycles. The van der Waals surface area contributed by atoms with Gasteiger partial charge < -0.3 is 14.8 Å². The van der Waals surface area contributed by atoms with E-state index < -0.39 is 0 Å². The average molecular weight is 357 g/mol. The van der Waals surface area contributed by atoms with Crippen molar-refractivity contribution >= 4 is 5.91 Å². The lowest BCUT2D eigenvalue weighted by Gasteiger charge is -2.31. The van der Waals surface area contributed by atoms with E-state index in [9.17, 15) is 4.79 Å². The van der Waals surface area contributed by atoms with E-state index in [1.54, 1.807) is 0 Å². The Morgan fingerprint density at radius 2 is 1.33 bits per heavy atom. The smallest absolute Gasteiger partial charge is 0.232 e. The van der Waals surface area contributed by atoms with Crippen LogP contribution in [0.5, 0.6) is 17.2 Å². The van der Waals surface area contributed by atoms with Crippen molar-refractivity contribution in [3.05, 3.63) is 89.5 Å². The fourth-order valence-corrected chi connectivity index (χ4v) is 3.94. The number of rotatable bonds is 2. The molecule has 3 aromatic rings. The molecule has 0 spiro atoms. The molecule has 0 saturated heterocycles. The average Bonchev–Trinajstić information content (AvgIpc) is 2.72. The zero-order chi connectivity index (χ0) is 18.2. The van der Waals surface area contributed by atoms with Gasteiger partial charge in [0.15, 0.2) is 0 Å². The highest BCUT2D eigenvalue weighted by Crippen LogP contribution is 2.44. The van der Waals surface area contributed by atoms with Crippen molar-refractivity contribution in [1.82, 2.24) is 5.32 Å². The Hall–Kier alpha value is -3.27. The van der Waals surface area contributed by atoms with Crippen molar-refractivity contribution in [2.45, 2.75) is 18.4 Å². The van der Waals surface area contributed by atoms with Crippen molar-refractivity contribution in [2.24, 2.45) is 0 Å². The third-order valence-corrected chi connectivity index (χ3v) is 5.22. The lowest BCUT2D eigenvalue weighted by atomic mass is 9.86. The molecule has 0 saturated carbocycles. The van der Waals surface area contributed by atoms with Gasteiger partial charge in [-0.1, -0.05) is 54.6 Å². The fourth-order valence-electron chi connectivity index (χ4n) is 3.94. The number of fused-ring (bicyclic) bond motifs is 3. The maximum atomic E-state index is 13.4. The van der Waals surface area contributed by atoms with E-state index in [-0.39, 0.29) is 17.9 Å². The van der Waals surface area contributed by atoms with Gasteiger partial charge in [0, 0.05) is 23.1 Å². The number of hydrogen-bond acceptors (Lipinski definition) is 3. The van der Waals surface area contributed by atoms with Gasteiger partial charge in [-0.3, -0.25) is 4.79 Å². The molecule has 0 aromatic heterocycles. The molecule has 0 radical (unpaired) electrons. The Morgan fingerprint density at radius 3 is 2.00 bits per heavy atom. The van der Waals surface area contributed by atoms with Gasteiger partial charge in [-0.15, -0.1) is 0 Å². The highest BCUT2D eigenvalue weighted by molar-refractivity contribution is 5.90. The normalized spacial score (nSPS) is 17.6. The maximum Gasteiger partial charge on any atom is 0.232 e. The van der Waals surface area contributed by atoms with Gasteiger partial charge in [0.1, 0.15) is 17.2 Å². The van der Waals surface area contributed by atoms with Gasteiger partial charge in [-0.2, -0.15) is 0 Å². The Balaban J connectivity index is 1.51. The van der Waals surface area contributed by atoms with E-state index in [0.717, 1.165) is 40.4 Å². The highest BCUT2D eigenvalue weighted by Gasteiger charge is 2.34. The standard InChI is InChI=1S/C23H19NO3/c25-23(24-18-13-14-26-19-10-4-1-7-15(18)19)22-16-8-2-5-11-20(16)27-21-12-6-3-9-17(21)22/h1-12,18,22H,13-14H2,(H,24,25). The molecule has 27 heavy (non-hydrogen) atoms. The summed E-state index contributed by atoms with van der Waals surface area (Å²) >= 11 is 0. The minimum Gasteiger partial charge on any atom is -0.493 e. The van der Waals surface area contributed by atoms with E-state index in [2.05, 4.69) is 5.32 Å². The Labute approximate surface area is 157 Å². The van der Waals surface area contributed by atoms with Crippen LogP contribution in [0.25, 0.3) is 0 Å². The molecule has 0 fully saturated rings. The number of ether oxygens (including phenoxy) is 2. The summed E-state index contributed by atoms with van der Waals surface area (Å²) < 4.78 is 11.7. The van der Waals surface area contributed by atoms with Crippen molar-refractivity contribution in [3.8, 4) is 17.2 Å². The maximum absolute atomic E-state index is 13.4. The number of carbonyl (C=O) groups excluding carboxylic acids is 1. The molecular formula is C23H19NO3. The monoisotopic (exact) mass is 357 g/mol. The van der Waals surface area contributed by atoms with Crippen LogP contribution in [0.15, 0.2) is 72.8 Å². The number of nitrogens with one attached hydrogen (secondary N) is 1. The molecule has 134 valence electrons. The first-order valence-corrected chi connectivity index (χ1v) is 9.19. The summed E-state index contributed by atoms with van der Waals surface area (Å²) in [4.78, 5) is 13.4. The third kappa shape index (κ3) is 2.74. The van der Waals surface area contributed by atoms with Crippen LogP contribution >= 0.6 is 0 Å². The number of carbonyl (C=O) groups is 1. The second kappa shape index (κ2) is 6.47. The summed E-state index contributed by atoms with van der Waals surface area (Å²) in [5.41, 5.74) is 2.83. The van der Waals surface area contributed by atoms with Crippen LogP contribution in [0, 0.1) is 0 Å². The van der Waals surface area contributed by atoms with Crippen LogP contribution in [0.1, 0.15) is 35.1 Å². The van der Waals surface area contributed by atoms with Crippen LogP contribution in [-0.4, -0.2) is 12.5 Å². The minimum absolute atomic E-state index is 0.0140. The van der Waals surface area contributed by atoms with Gasteiger partial charge in [0.05, 0.1) is 18.6 Å². The summed E-state index contributed by atoms with van der Waals surface area (Å²) in [6.45, 7) is 0.600. The minimum atomic E-state index is -0.388. The van der Waals surface area contributed by atoms with Crippen molar-refractivity contribution in [1.29, 1.82) is 0 Å². The predicted octanol–water partition coefficient (Wildman–Crippen LogP) is 4.56. The summed E-state index contributed by atoms with van der Waals surface area (Å²) in [6.07, 6.45) is 0.759. The van der Waals surface area contributed by atoms with Gasteiger partial charge in [0.25, 0.3) is 0 Å². The van der Waals surface area contributed by atoms with Crippen LogP contribution < -0.4 is 14.8 Å². The molecule has 3 aromatic carbocycles. The molecule has 5 rings (SSSR count). The molecule has 2 aliphatic rings. The van der Waals surface area contributed by atoms with E-state index in [0.29, 0.717) is 6.61 Å². The summed E-state index contributed by atoms with van der Waals surface area (Å²) in [5.74, 6) is 1.93. The first-order valence-electron chi connectivity index (χ1n) is 9.19. The Bertz CT molecular complexity index is 968. The predicted molar refractivity (Wildman–Crippen MR) is 102 cm³/mol. The van der Waals surface area contributed by atoms with Gasteiger partial charge in [-0.05, 0) is 18.2 Å². The highest BCUT2D eigenvalue weighted by atomic mass is 16.5. The molecule has 4 heteroatoms. The quantitative estimate of drug-likeness (QED) is 0.731. The Morgan fingerprint density at radius 1 is 0.778 bits per heavy atom. The van der Waals surface area contributed by atoms with Gasteiger partial charge in [-0.25, -0.2) is 0 Å². The number of amides is 1. The molecule has 0 aliphatic carbocycles. The zero-order valence-electron chi connectivity index (χ0n) is 14.7. The van der Waals surface area contributed by atoms with Crippen molar-refractivity contribution in [3.63, 3.8) is 0 Å². The molecule has 2 heterocycles. The van der Waals surface area contributed by atoms with E-state index in [1.807, 2.05) is 72.8 Å². The molecule has 0 bridgehead atoms. The summed E-state index contributed by atoms with van der Waals surface area (Å²) in [5, 5.41) is 3.25. The first-order chi connectivity index (χ1) is 13.3. The second-order valence-corrected chi connectivity index (χ2v) is 6.85. The van der Waals surface area contributed by atoms with Crippen LogP contribution in [0.4, 0.5) is 0 Å². The zero-order valence-corrected chi connectivity index (χ0v) is 14.7. The first kappa shape index (κ1) is 15.9. The molecule has 1 atom stereocenters. The lowest BCUT2D eigenvalue weighted by molar-refractivity contribution is -0.122. The molecule has 4 nitrogen and oxygen atoms in total. The van der Waals surface area contributed by atoms with E-state index in [4.69, 9.17) is 9.47 Å². The Kier molecular flexibility index (Phi) is 3.82. The van der Waals surface area contributed by atoms with E-state index in [1.165, 1.54) is 0 Å². The van der Waals surface area contributed by atoms with Crippen LogP contribution in [0.2, 0.25) is 0 Å². The molecule has 1 amide bonds. The van der Waals surface area contributed by atoms with Crippen LogP contribution in [-0.2, 0) is 4.79 Å². The third-order valence-electron chi connectivity index (χ3n) is 5.22. The topological polar surface area (TPSA) is 47.6 Å². The summed E-state index contributed by atoms with van der Waals surface area (Å²) in [7, 11) is 0. The largest absolute Gasteiger partial charge is 0.493 e. The van der Waals surface area contributed by atoms with Crippen molar-refractivity contribution in [2.75, 3.05) is 6.61 Å². The van der Waals surface area contributed by atoms with Crippen molar-refractivity contribution < 1.29 is 14.3 Å². The second-order valence-electron chi connectivity index (χ2n) is 6.85. The van der Waals surface area contributed by atoms with E-state index >= 15 is 0 Å². The van der Waals surface area contributed by atoms with Gasteiger partial charge in [0.2, 0.25) is 5.91 Å². The van der Waals surface area contributed by atoms with Gasteiger partial charge >= 0.3 is 0 Å².